The van der Waals surface area contributed by atoms with Crippen molar-refractivity contribution in [2.45, 2.75) is 13.3 Å². The zero-order valence-electron chi connectivity index (χ0n) is 18.5. The van der Waals surface area contributed by atoms with E-state index in [2.05, 4.69) is 18.2 Å². The highest BCUT2D eigenvalue weighted by atomic mass is 35.5. The van der Waals surface area contributed by atoms with Gasteiger partial charge in [0.05, 0.1) is 11.4 Å². The largest absolute Gasteiger partial charge is 0.300 e. The van der Waals surface area contributed by atoms with Crippen LogP contribution in [-0.4, -0.2) is 11.4 Å². The molecule has 1 aliphatic carbocycles. The molecule has 0 saturated heterocycles. The molecule has 3 aromatic rings. The summed E-state index contributed by atoms with van der Waals surface area (Å²) in [5.74, 6) is 0. The highest BCUT2D eigenvalue weighted by Crippen LogP contribution is 2.24. The predicted octanol–water partition coefficient (Wildman–Crippen LogP) is 8.07. The third-order valence-electron chi connectivity index (χ3n) is 5.41. The van der Waals surface area contributed by atoms with Crippen molar-refractivity contribution < 1.29 is 0 Å². The molecule has 0 unspecified atom stereocenters. The van der Waals surface area contributed by atoms with Gasteiger partial charge in [-0.25, -0.2) is 0 Å². The summed E-state index contributed by atoms with van der Waals surface area (Å²) < 4.78 is 0. The van der Waals surface area contributed by atoms with Gasteiger partial charge in [0, 0.05) is 28.3 Å². The summed E-state index contributed by atoms with van der Waals surface area (Å²) in [6, 6.07) is 28.2. The molecule has 0 heterocycles. The molecule has 3 heteroatoms. The Kier molecular flexibility index (Phi) is 7.29. The van der Waals surface area contributed by atoms with Gasteiger partial charge in [0.15, 0.2) is 0 Å². The highest BCUT2D eigenvalue weighted by molar-refractivity contribution is 6.30. The van der Waals surface area contributed by atoms with Gasteiger partial charge in [-0.2, -0.15) is 0 Å². The summed E-state index contributed by atoms with van der Waals surface area (Å²) >= 11 is 6.17. The first kappa shape index (κ1) is 22.4. The molecule has 0 bridgehead atoms. The quantitative estimate of drug-likeness (QED) is 0.370. The van der Waals surface area contributed by atoms with Crippen molar-refractivity contribution in [2.24, 2.45) is 4.99 Å². The number of allylic oxidation sites excluding steroid dienone is 7. The van der Waals surface area contributed by atoms with E-state index < -0.39 is 0 Å². The van der Waals surface area contributed by atoms with Gasteiger partial charge in [-0.05, 0) is 41.8 Å². The molecule has 3 aromatic carbocycles. The van der Waals surface area contributed by atoms with Gasteiger partial charge in [-0.3, -0.25) is 4.99 Å². The van der Waals surface area contributed by atoms with E-state index in [0.29, 0.717) is 12.1 Å². The first-order valence-corrected chi connectivity index (χ1v) is 11.3. The standard InChI is InChI=1S/C30H25ClN2/c1-22(23-10-4-2-5-11-23)33-30(25-12-6-3-7-13-25)21-29(32)27-16-8-15-26(20-27)24-14-9-17-28(31)19-18-24/h2-18,20-21,32H,19H2,1H3/b30-21-,32-29?,33-22+. The predicted molar refractivity (Wildman–Crippen MR) is 142 cm³/mol. The van der Waals surface area contributed by atoms with Crippen LogP contribution in [0.25, 0.3) is 11.3 Å². The Hall–Kier alpha value is -3.75. The molecule has 0 fully saturated rings. The van der Waals surface area contributed by atoms with Gasteiger partial charge in [-0.15, -0.1) is 0 Å². The average Bonchev–Trinajstić information content (AvgIpc) is 3.09. The molecule has 0 radical (unpaired) electrons. The van der Waals surface area contributed by atoms with Crippen LogP contribution in [0.5, 0.6) is 0 Å². The smallest absolute Gasteiger partial charge is 0.0726 e. The number of halogens is 1. The van der Waals surface area contributed by atoms with Crippen molar-refractivity contribution >= 4 is 34.3 Å². The van der Waals surface area contributed by atoms with Gasteiger partial charge in [0.25, 0.3) is 0 Å². The number of aliphatic imine (C=N–C) groups is 1. The lowest BCUT2D eigenvalue weighted by atomic mass is 9.99. The van der Waals surface area contributed by atoms with Gasteiger partial charge in [0.2, 0.25) is 0 Å². The van der Waals surface area contributed by atoms with Crippen LogP contribution in [0.1, 0.15) is 35.6 Å². The Morgan fingerprint density at radius 2 is 1.55 bits per heavy atom. The Morgan fingerprint density at radius 1 is 0.879 bits per heavy atom. The van der Waals surface area contributed by atoms with Crippen LogP contribution in [0.3, 0.4) is 0 Å². The van der Waals surface area contributed by atoms with E-state index in [0.717, 1.165) is 44.3 Å². The van der Waals surface area contributed by atoms with Crippen LogP contribution in [0, 0.1) is 5.41 Å². The lowest BCUT2D eigenvalue weighted by molar-refractivity contribution is 1.36. The molecule has 2 nitrogen and oxygen atoms in total. The number of nitrogens with one attached hydrogen (secondary N) is 1. The minimum absolute atomic E-state index is 0.412. The Bertz CT molecular complexity index is 1290. The van der Waals surface area contributed by atoms with Gasteiger partial charge in [-0.1, -0.05) is 109 Å². The average molecular weight is 449 g/mol. The minimum Gasteiger partial charge on any atom is -0.300 e. The zero-order valence-corrected chi connectivity index (χ0v) is 19.3. The second-order valence-electron chi connectivity index (χ2n) is 7.79. The molecule has 0 aliphatic heterocycles. The van der Waals surface area contributed by atoms with Crippen LogP contribution in [0.2, 0.25) is 0 Å². The third-order valence-corrected chi connectivity index (χ3v) is 5.69. The topological polar surface area (TPSA) is 36.2 Å². The molecular formula is C30H25ClN2. The van der Waals surface area contributed by atoms with Crippen LogP contribution in [0.15, 0.2) is 125 Å². The molecule has 0 aromatic heterocycles. The maximum absolute atomic E-state index is 8.83. The second-order valence-corrected chi connectivity index (χ2v) is 8.28. The monoisotopic (exact) mass is 448 g/mol. The number of hydrogen-bond donors (Lipinski definition) is 1. The van der Waals surface area contributed by atoms with Crippen LogP contribution in [0.4, 0.5) is 0 Å². The summed E-state index contributed by atoms with van der Waals surface area (Å²) in [6.07, 6.45) is 10.6. The first-order chi connectivity index (χ1) is 16.1. The van der Waals surface area contributed by atoms with Crippen molar-refractivity contribution in [3.63, 3.8) is 0 Å². The first-order valence-electron chi connectivity index (χ1n) is 10.9. The van der Waals surface area contributed by atoms with E-state index in [-0.39, 0.29) is 0 Å². The van der Waals surface area contributed by atoms with E-state index in [1.807, 2.05) is 104 Å². The maximum Gasteiger partial charge on any atom is 0.0726 e. The van der Waals surface area contributed by atoms with Crippen molar-refractivity contribution in [1.29, 1.82) is 5.41 Å². The number of benzene rings is 3. The van der Waals surface area contributed by atoms with Gasteiger partial charge >= 0.3 is 0 Å². The molecule has 162 valence electrons. The minimum atomic E-state index is 0.412. The number of nitrogens with zero attached hydrogens (tertiary/aromatic N) is 1. The lowest BCUT2D eigenvalue weighted by Gasteiger charge is -2.09. The molecule has 4 rings (SSSR count). The Morgan fingerprint density at radius 3 is 2.27 bits per heavy atom. The molecule has 0 spiro atoms. The molecule has 0 amide bonds. The molecule has 0 atom stereocenters. The Labute approximate surface area is 200 Å². The maximum atomic E-state index is 8.83. The Balaban J connectivity index is 1.69. The summed E-state index contributed by atoms with van der Waals surface area (Å²) in [5, 5.41) is 9.64. The number of rotatable bonds is 6. The normalized spacial score (nSPS) is 14.4. The molecule has 0 saturated carbocycles. The van der Waals surface area contributed by atoms with E-state index >= 15 is 0 Å². The van der Waals surface area contributed by atoms with Crippen molar-refractivity contribution in [3.8, 4) is 0 Å². The SMILES string of the molecule is C/C(=N\C(=C/C(=N)c1cccc(C2=CCC(Cl)=CC=C2)c1)c1ccccc1)c1ccccc1. The summed E-state index contributed by atoms with van der Waals surface area (Å²) in [7, 11) is 0. The fourth-order valence-corrected chi connectivity index (χ4v) is 3.76. The van der Waals surface area contributed by atoms with Gasteiger partial charge in [0.1, 0.15) is 0 Å². The van der Waals surface area contributed by atoms with E-state index in [4.69, 9.17) is 22.0 Å². The van der Waals surface area contributed by atoms with E-state index in [1.165, 1.54) is 0 Å². The van der Waals surface area contributed by atoms with Crippen LogP contribution >= 0.6 is 11.6 Å². The second kappa shape index (κ2) is 10.7. The van der Waals surface area contributed by atoms with Crippen molar-refractivity contribution in [1.82, 2.24) is 0 Å². The van der Waals surface area contributed by atoms with Crippen LogP contribution < -0.4 is 0 Å². The number of hydrogen-bond acceptors (Lipinski definition) is 2. The molecule has 33 heavy (non-hydrogen) atoms. The molecular weight excluding hydrogens is 424 g/mol. The third kappa shape index (κ3) is 5.94. The highest BCUT2D eigenvalue weighted by Gasteiger charge is 2.08. The summed E-state index contributed by atoms with van der Waals surface area (Å²) in [5.41, 5.74) is 7.12. The summed E-state index contributed by atoms with van der Waals surface area (Å²) in [6.45, 7) is 2.00. The molecule has 1 N–H and O–H groups in total. The fourth-order valence-electron chi connectivity index (χ4n) is 3.61. The zero-order chi connectivity index (χ0) is 23.0. The van der Waals surface area contributed by atoms with Crippen molar-refractivity contribution in [2.75, 3.05) is 0 Å². The summed E-state index contributed by atoms with van der Waals surface area (Å²) in [4.78, 5) is 4.91. The van der Waals surface area contributed by atoms with E-state index in [1.54, 1.807) is 0 Å². The van der Waals surface area contributed by atoms with Gasteiger partial charge < -0.3 is 5.41 Å². The molecule has 1 aliphatic rings. The lowest BCUT2D eigenvalue weighted by Crippen LogP contribution is -2.00. The van der Waals surface area contributed by atoms with Crippen LogP contribution in [-0.2, 0) is 0 Å². The van der Waals surface area contributed by atoms with E-state index in [9.17, 15) is 0 Å². The fraction of sp³-hybridized carbons (Fsp3) is 0.0667. The van der Waals surface area contributed by atoms with Crippen molar-refractivity contribution in [3.05, 3.63) is 143 Å².